The second-order valence-corrected chi connectivity index (χ2v) is 5.51. The van der Waals surface area contributed by atoms with Crippen LogP contribution in [0.2, 0.25) is 0 Å². The van der Waals surface area contributed by atoms with Crippen LogP contribution in [0.1, 0.15) is 40.0 Å². The number of anilines is 2. The molecule has 0 saturated heterocycles. The monoisotopic (exact) mass is 250 g/mol. The Kier molecular flexibility index (Phi) is 5.89. The molecule has 4 nitrogen and oxygen atoms in total. The zero-order valence-electron chi connectivity index (χ0n) is 12.3. The van der Waals surface area contributed by atoms with Gasteiger partial charge < -0.3 is 10.2 Å². The topological polar surface area (TPSA) is 41.1 Å². The lowest BCUT2D eigenvalue weighted by atomic mass is 10.0. The zero-order valence-corrected chi connectivity index (χ0v) is 12.3. The first kappa shape index (κ1) is 14.7. The molecule has 1 unspecified atom stereocenters. The van der Waals surface area contributed by atoms with E-state index in [0.717, 1.165) is 17.7 Å². The fourth-order valence-corrected chi connectivity index (χ4v) is 1.80. The van der Waals surface area contributed by atoms with Crippen molar-refractivity contribution in [1.29, 1.82) is 0 Å². The fourth-order valence-electron chi connectivity index (χ4n) is 1.80. The molecule has 4 heteroatoms. The van der Waals surface area contributed by atoms with Gasteiger partial charge in [0.05, 0.1) is 0 Å². The summed E-state index contributed by atoms with van der Waals surface area (Å²) in [4.78, 5) is 10.6. The van der Waals surface area contributed by atoms with Gasteiger partial charge in [0, 0.05) is 26.3 Å². The molecule has 0 aliphatic carbocycles. The van der Waals surface area contributed by atoms with E-state index in [9.17, 15) is 0 Å². The molecule has 0 amide bonds. The van der Waals surface area contributed by atoms with Crippen LogP contribution in [0.15, 0.2) is 12.3 Å². The van der Waals surface area contributed by atoms with Crippen molar-refractivity contribution in [2.24, 2.45) is 5.92 Å². The Bertz CT molecular complexity index is 349. The van der Waals surface area contributed by atoms with Gasteiger partial charge in [-0.25, -0.2) is 4.98 Å². The SMILES string of the molecule is CC(C)CCCC(C)Nc1ccnc(N(C)C)n1. The maximum absolute atomic E-state index is 4.46. The van der Waals surface area contributed by atoms with E-state index in [-0.39, 0.29) is 0 Å². The van der Waals surface area contributed by atoms with Crippen LogP contribution in [0.25, 0.3) is 0 Å². The Morgan fingerprint density at radius 1 is 1.22 bits per heavy atom. The first-order valence-electron chi connectivity index (χ1n) is 6.76. The smallest absolute Gasteiger partial charge is 0.226 e. The normalized spacial score (nSPS) is 12.6. The molecule has 1 aromatic rings. The average molecular weight is 250 g/mol. The van der Waals surface area contributed by atoms with E-state index < -0.39 is 0 Å². The van der Waals surface area contributed by atoms with Crippen molar-refractivity contribution >= 4 is 11.8 Å². The lowest BCUT2D eigenvalue weighted by molar-refractivity contribution is 0.520. The van der Waals surface area contributed by atoms with Gasteiger partial charge in [0.25, 0.3) is 0 Å². The molecule has 0 aliphatic rings. The van der Waals surface area contributed by atoms with Gasteiger partial charge in [-0.15, -0.1) is 0 Å². The molecule has 1 heterocycles. The molecule has 1 N–H and O–H groups in total. The summed E-state index contributed by atoms with van der Waals surface area (Å²) in [6, 6.07) is 2.38. The average Bonchev–Trinajstić information content (AvgIpc) is 2.28. The van der Waals surface area contributed by atoms with Crippen LogP contribution in [-0.2, 0) is 0 Å². The molecule has 0 spiro atoms. The van der Waals surface area contributed by atoms with Crippen LogP contribution in [-0.4, -0.2) is 30.1 Å². The molecule has 1 atom stereocenters. The van der Waals surface area contributed by atoms with Gasteiger partial charge in [0.1, 0.15) is 5.82 Å². The molecule has 0 radical (unpaired) electrons. The van der Waals surface area contributed by atoms with E-state index in [1.54, 1.807) is 6.20 Å². The lowest BCUT2D eigenvalue weighted by Gasteiger charge is -2.16. The summed E-state index contributed by atoms with van der Waals surface area (Å²) in [5.74, 6) is 2.44. The highest BCUT2D eigenvalue weighted by Crippen LogP contribution is 2.13. The Balaban J connectivity index is 2.43. The molecule has 1 rings (SSSR count). The molecule has 0 fully saturated rings. The van der Waals surface area contributed by atoms with E-state index in [1.807, 2.05) is 25.1 Å². The molecule has 0 aliphatic heterocycles. The Morgan fingerprint density at radius 3 is 2.56 bits per heavy atom. The predicted molar refractivity (Wildman–Crippen MR) is 78.1 cm³/mol. The van der Waals surface area contributed by atoms with Gasteiger partial charge in [-0.1, -0.05) is 26.7 Å². The second kappa shape index (κ2) is 7.19. The summed E-state index contributed by atoms with van der Waals surface area (Å²) in [5, 5.41) is 3.43. The highest BCUT2D eigenvalue weighted by molar-refractivity contribution is 5.40. The third kappa shape index (κ3) is 5.34. The minimum Gasteiger partial charge on any atom is -0.367 e. The van der Waals surface area contributed by atoms with Crippen LogP contribution < -0.4 is 10.2 Å². The summed E-state index contributed by atoms with van der Waals surface area (Å²) < 4.78 is 0. The second-order valence-electron chi connectivity index (χ2n) is 5.51. The maximum Gasteiger partial charge on any atom is 0.226 e. The molecule has 0 aromatic carbocycles. The number of nitrogens with one attached hydrogen (secondary N) is 1. The Hall–Kier alpha value is -1.32. The summed E-state index contributed by atoms with van der Waals surface area (Å²) >= 11 is 0. The molecule has 1 aromatic heterocycles. The largest absolute Gasteiger partial charge is 0.367 e. The van der Waals surface area contributed by atoms with Gasteiger partial charge in [-0.05, 0) is 25.3 Å². The molecule has 0 saturated carbocycles. The van der Waals surface area contributed by atoms with Gasteiger partial charge in [-0.3, -0.25) is 0 Å². The number of rotatable bonds is 7. The van der Waals surface area contributed by atoms with Gasteiger partial charge >= 0.3 is 0 Å². The Morgan fingerprint density at radius 2 is 1.94 bits per heavy atom. The van der Waals surface area contributed by atoms with E-state index in [2.05, 4.69) is 36.1 Å². The van der Waals surface area contributed by atoms with Crippen LogP contribution in [0, 0.1) is 5.92 Å². The molecule has 0 bridgehead atoms. The van der Waals surface area contributed by atoms with E-state index in [4.69, 9.17) is 0 Å². The maximum atomic E-state index is 4.46. The standard InChI is InChI=1S/C14H26N4/c1-11(2)7-6-8-12(3)16-13-9-10-15-14(17-13)18(4)5/h9-12H,6-8H2,1-5H3,(H,15,16,17). The third-order valence-electron chi connectivity index (χ3n) is 2.86. The third-order valence-corrected chi connectivity index (χ3v) is 2.86. The van der Waals surface area contributed by atoms with Crippen molar-refractivity contribution < 1.29 is 0 Å². The van der Waals surface area contributed by atoms with E-state index >= 15 is 0 Å². The quantitative estimate of drug-likeness (QED) is 0.807. The van der Waals surface area contributed by atoms with Crippen molar-refractivity contribution in [2.75, 3.05) is 24.3 Å². The predicted octanol–water partition coefficient (Wildman–Crippen LogP) is 3.17. The number of hydrogen-bond donors (Lipinski definition) is 1. The molecular weight excluding hydrogens is 224 g/mol. The van der Waals surface area contributed by atoms with Crippen molar-refractivity contribution in [3.8, 4) is 0 Å². The van der Waals surface area contributed by atoms with Crippen molar-refractivity contribution in [1.82, 2.24) is 9.97 Å². The van der Waals surface area contributed by atoms with Gasteiger partial charge in [0.15, 0.2) is 0 Å². The van der Waals surface area contributed by atoms with Crippen LogP contribution in [0.5, 0.6) is 0 Å². The van der Waals surface area contributed by atoms with E-state index in [1.165, 1.54) is 19.3 Å². The summed E-state index contributed by atoms with van der Waals surface area (Å²) in [6.07, 6.45) is 5.53. The molecular formula is C14H26N4. The number of aromatic nitrogens is 2. The van der Waals surface area contributed by atoms with Gasteiger partial charge in [0.2, 0.25) is 5.95 Å². The van der Waals surface area contributed by atoms with E-state index in [0.29, 0.717) is 6.04 Å². The summed E-state index contributed by atoms with van der Waals surface area (Å²) in [5.41, 5.74) is 0. The van der Waals surface area contributed by atoms with Crippen molar-refractivity contribution in [3.63, 3.8) is 0 Å². The lowest BCUT2D eigenvalue weighted by Crippen LogP contribution is -2.18. The highest BCUT2D eigenvalue weighted by Gasteiger charge is 2.05. The van der Waals surface area contributed by atoms with Crippen molar-refractivity contribution in [3.05, 3.63) is 12.3 Å². The minimum atomic E-state index is 0.452. The first-order valence-corrected chi connectivity index (χ1v) is 6.76. The first-order chi connectivity index (χ1) is 8.49. The summed E-state index contributed by atoms with van der Waals surface area (Å²) in [7, 11) is 3.90. The minimum absolute atomic E-state index is 0.452. The van der Waals surface area contributed by atoms with Gasteiger partial charge in [-0.2, -0.15) is 4.98 Å². The van der Waals surface area contributed by atoms with Crippen LogP contribution in [0.4, 0.5) is 11.8 Å². The van der Waals surface area contributed by atoms with Crippen LogP contribution in [0.3, 0.4) is 0 Å². The zero-order chi connectivity index (χ0) is 13.5. The van der Waals surface area contributed by atoms with Crippen LogP contribution >= 0.6 is 0 Å². The number of hydrogen-bond acceptors (Lipinski definition) is 4. The highest BCUT2D eigenvalue weighted by atomic mass is 15.2. The fraction of sp³-hybridized carbons (Fsp3) is 0.714. The van der Waals surface area contributed by atoms with Crippen molar-refractivity contribution in [2.45, 2.75) is 46.1 Å². The summed E-state index contributed by atoms with van der Waals surface area (Å²) in [6.45, 7) is 6.75. The Labute approximate surface area is 111 Å². The molecule has 102 valence electrons. The number of nitrogens with zero attached hydrogens (tertiary/aromatic N) is 3. The molecule has 18 heavy (non-hydrogen) atoms.